The number of esters is 1. The van der Waals surface area contributed by atoms with Crippen molar-refractivity contribution in [3.05, 3.63) is 53.9 Å². The minimum Gasteiger partial charge on any atom is -0.459 e. The Morgan fingerprint density at radius 3 is 2.75 bits per heavy atom. The van der Waals surface area contributed by atoms with Gasteiger partial charge >= 0.3 is 5.97 Å². The molecule has 20 heavy (non-hydrogen) atoms. The van der Waals surface area contributed by atoms with E-state index in [2.05, 4.69) is 11.7 Å². The molecule has 0 fully saturated rings. The monoisotopic (exact) mass is 268 g/mol. The first-order valence-corrected chi connectivity index (χ1v) is 6.62. The number of carbonyl (C=O) groups excluding carboxylic acids is 1. The lowest BCUT2D eigenvalue weighted by Gasteiger charge is -2.20. The summed E-state index contributed by atoms with van der Waals surface area (Å²) in [4.78, 5) is 12.1. The molecule has 3 rings (SSSR count). The molecule has 0 aliphatic carbocycles. The summed E-state index contributed by atoms with van der Waals surface area (Å²) >= 11 is 0. The molecular weight excluding hydrogens is 252 g/mol. The Bertz CT molecular complexity index is 686. The number of para-hydroxylation sites is 1. The van der Waals surface area contributed by atoms with Gasteiger partial charge in [0.1, 0.15) is 17.4 Å². The molecule has 0 spiro atoms. The quantitative estimate of drug-likeness (QED) is 0.786. The van der Waals surface area contributed by atoms with Crippen LogP contribution in [0.25, 0.3) is 11.3 Å². The summed E-state index contributed by atoms with van der Waals surface area (Å²) < 4.78 is 7.15. The van der Waals surface area contributed by atoms with Crippen LogP contribution in [0.3, 0.4) is 0 Å². The van der Waals surface area contributed by atoms with Crippen LogP contribution in [0.2, 0.25) is 0 Å². The summed E-state index contributed by atoms with van der Waals surface area (Å²) in [5.74, 6) is -0.307. The molecule has 4 nitrogen and oxygen atoms in total. The van der Waals surface area contributed by atoms with Gasteiger partial charge in [-0.05, 0) is 31.6 Å². The van der Waals surface area contributed by atoms with Gasteiger partial charge in [-0.3, -0.25) is 0 Å². The summed E-state index contributed by atoms with van der Waals surface area (Å²) in [7, 11) is 0. The highest BCUT2D eigenvalue weighted by molar-refractivity contribution is 5.96. The highest BCUT2D eigenvalue weighted by atomic mass is 16.5. The lowest BCUT2D eigenvalue weighted by molar-refractivity contribution is 0.0297. The summed E-state index contributed by atoms with van der Waals surface area (Å²) in [5.41, 5.74) is 3.79. The number of hydrogen-bond acceptors (Lipinski definition) is 3. The van der Waals surface area contributed by atoms with E-state index in [-0.39, 0.29) is 12.1 Å². The van der Waals surface area contributed by atoms with Crippen molar-refractivity contribution >= 4 is 11.5 Å². The van der Waals surface area contributed by atoms with Crippen LogP contribution in [0, 0.1) is 0 Å². The van der Waals surface area contributed by atoms with Gasteiger partial charge in [0.2, 0.25) is 0 Å². The predicted molar refractivity (Wildman–Crippen MR) is 76.9 cm³/mol. The van der Waals surface area contributed by atoms with Crippen LogP contribution in [-0.2, 0) is 11.2 Å². The lowest BCUT2D eigenvalue weighted by Crippen LogP contribution is -2.26. The number of nitrogens with zero attached hydrogens (tertiary/aromatic N) is 2. The van der Waals surface area contributed by atoms with Crippen molar-refractivity contribution in [3.8, 4) is 5.69 Å². The zero-order valence-corrected chi connectivity index (χ0v) is 11.6. The highest BCUT2D eigenvalue weighted by Gasteiger charge is 2.32. The number of fused-ring (bicyclic) bond motifs is 1. The molecule has 1 atom stereocenters. The normalized spacial score (nSPS) is 17.5. The summed E-state index contributed by atoms with van der Waals surface area (Å²) in [6.07, 6.45) is 0.531. The van der Waals surface area contributed by atoms with Crippen LogP contribution >= 0.6 is 0 Å². The van der Waals surface area contributed by atoms with Gasteiger partial charge in [0.15, 0.2) is 0 Å². The SMILES string of the molecule is C=C(C)c1nn(-c2ccccc2)c2c1C(=O)OC(C)C2. The third kappa shape index (κ3) is 1.93. The van der Waals surface area contributed by atoms with Crippen molar-refractivity contribution in [2.45, 2.75) is 26.4 Å². The maximum Gasteiger partial charge on any atom is 0.342 e. The largest absolute Gasteiger partial charge is 0.459 e. The molecule has 1 aliphatic rings. The first-order chi connectivity index (χ1) is 9.58. The van der Waals surface area contributed by atoms with Crippen LogP contribution in [0.5, 0.6) is 0 Å². The minimum atomic E-state index is -0.307. The third-order valence-electron chi connectivity index (χ3n) is 3.38. The van der Waals surface area contributed by atoms with E-state index in [9.17, 15) is 4.79 Å². The van der Waals surface area contributed by atoms with Crippen molar-refractivity contribution in [1.29, 1.82) is 0 Å². The predicted octanol–water partition coefficient (Wildman–Crippen LogP) is 3.01. The summed E-state index contributed by atoms with van der Waals surface area (Å²) in [5, 5.41) is 4.56. The van der Waals surface area contributed by atoms with Crippen molar-refractivity contribution in [2.75, 3.05) is 0 Å². The smallest absolute Gasteiger partial charge is 0.342 e. The van der Waals surface area contributed by atoms with Gasteiger partial charge in [0.05, 0.1) is 11.4 Å². The molecule has 1 aromatic carbocycles. The molecule has 0 radical (unpaired) electrons. The van der Waals surface area contributed by atoms with E-state index >= 15 is 0 Å². The maximum absolute atomic E-state index is 12.1. The number of benzene rings is 1. The molecule has 102 valence electrons. The molecule has 0 amide bonds. The Morgan fingerprint density at radius 2 is 2.10 bits per heavy atom. The second-order valence-corrected chi connectivity index (χ2v) is 5.12. The molecule has 0 saturated carbocycles. The second kappa shape index (κ2) is 4.63. The van der Waals surface area contributed by atoms with Gasteiger partial charge in [0.25, 0.3) is 0 Å². The van der Waals surface area contributed by atoms with Crippen LogP contribution < -0.4 is 0 Å². The van der Waals surface area contributed by atoms with Crippen molar-refractivity contribution in [1.82, 2.24) is 9.78 Å². The van der Waals surface area contributed by atoms with Crippen molar-refractivity contribution < 1.29 is 9.53 Å². The number of rotatable bonds is 2. The average molecular weight is 268 g/mol. The van der Waals surface area contributed by atoms with E-state index in [1.807, 2.05) is 48.9 Å². The average Bonchev–Trinajstić information content (AvgIpc) is 2.79. The zero-order valence-electron chi connectivity index (χ0n) is 11.6. The third-order valence-corrected chi connectivity index (χ3v) is 3.38. The van der Waals surface area contributed by atoms with Gasteiger partial charge in [0, 0.05) is 6.42 Å². The van der Waals surface area contributed by atoms with E-state index < -0.39 is 0 Å². The fourth-order valence-corrected chi connectivity index (χ4v) is 2.49. The molecule has 2 heterocycles. The fourth-order valence-electron chi connectivity index (χ4n) is 2.49. The first kappa shape index (κ1) is 12.7. The molecule has 2 aromatic rings. The molecule has 1 unspecified atom stereocenters. The lowest BCUT2D eigenvalue weighted by atomic mass is 10.0. The first-order valence-electron chi connectivity index (χ1n) is 6.62. The molecular formula is C16H16N2O2. The molecule has 0 bridgehead atoms. The summed E-state index contributed by atoms with van der Waals surface area (Å²) in [6, 6.07) is 9.80. The molecule has 0 saturated heterocycles. The summed E-state index contributed by atoms with van der Waals surface area (Å²) in [6.45, 7) is 7.65. The van der Waals surface area contributed by atoms with Crippen LogP contribution in [0.15, 0.2) is 36.9 Å². The Kier molecular flexibility index (Phi) is 2.93. The second-order valence-electron chi connectivity index (χ2n) is 5.12. The number of hydrogen-bond donors (Lipinski definition) is 0. The Hall–Kier alpha value is -2.36. The Balaban J connectivity index is 2.25. The van der Waals surface area contributed by atoms with E-state index in [0.717, 1.165) is 17.0 Å². The van der Waals surface area contributed by atoms with Gasteiger partial charge in [-0.25, -0.2) is 9.48 Å². The number of cyclic esters (lactones) is 1. The Morgan fingerprint density at radius 1 is 1.40 bits per heavy atom. The van der Waals surface area contributed by atoms with Crippen LogP contribution in [0.1, 0.15) is 35.6 Å². The van der Waals surface area contributed by atoms with E-state index in [1.165, 1.54) is 0 Å². The van der Waals surface area contributed by atoms with Crippen molar-refractivity contribution in [3.63, 3.8) is 0 Å². The van der Waals surface area contributed by atoms with Crippen LogP contribution in [-0.4, -0.2) is 21.9 Å². The number of aromatic nitrogens is 2. The molecule has 1 aromatic heterocycles. The zero-order chi connectivity index (χ0) is 14.3. The van der Waals surface area contributed by atoms with Gasteiger partial charge < -0.3 is 4.74 Å². The molecule has 0 N–H and O–H groups in total. The van der Waals surface area contributed by atoms with E-state index in [0.29, 0.717) is 17.7 Å². The van der Waals surface area contributed by atoms with E-state index in [1.54, 1.807) is 0 Å². The number of allylic oxidation sites excluding steroid dienone is 1. The fraction of sp³-hybridized carbons (Fsp3) is 0.250. The number of carbonyl (C=O) groups is 1. The van der Waals surface area contributed by atoms with E-state index in [4.69, 9.17) is 4.74 Å². The van der Waals surface area contributed by atoms with Gasteiger partial charge in [-0.2, -0.15) is 5.10 Å². The van der Waals surface area contributed by atoms with Gasteiger partial charge in [-0.15, -0.1) is 0 Å². The topological polar surface area (TPSA) is 44.1 Å². The number of ether oxygens (including phenoxy) is 1. The molecule has 1 aliphatic heterocycles. The molecule has 4 heteroatoms. The van der Waals surface area contributed by atoms with Crippen LogP contribution in [0.4, 0.5) is 0 Å². The van der Waals surface area contributed by atoms with Crippen molar-refractivity contribution in [2.24, 2.45) is 0 Å². The highest BCUT2D eigenvalue weighted by Crippen LogP contribution is 2.29. The Labute approximate surface area is 117 Å². The maximum atomic E-state index is 12.1. The minimum absolute atomic E-state index is 0.132. The standard InChI is InChI=1S/C16H16N2O2/c1-10(2)15-14-13(9-11(3)20-16(14)19)18(17-15)12-7-5-4-6-8-12/h4-8,11H,1,9H2,2-3H3. The van der Waals surface area contributed by atoms with Gasteiger partial charge in [-0.1, -0.05) is 24.8 Å².